The van der Waals surface area contributed by atoms with E-state index in [2.05, 4.69) is 36.1 Å². The first-order valence-electron chi connectivity index (χ1n) is 7.29. The van der Waals surface area contributed by atoms with Gasteiger partial charge in [-0.2, -0.15) is 0 Å². The van der Waals surface area contributed by atoms with E-state index < -0.39 is 0 Å². The second kappa shape index (κ2) is 12.1. The van der Waals surface area contributed by atoms with Crippen molar-refractivity contribution >= 4 is 29.9 Å². The van der Waals surface area contributed by atoms with Gasteiger partial charge in [-0.3, -0.25) is 4.99 Å². The van der Waals surface area contributed by atoms with E-state index in [1.807, 2.05) is 12.1 Å². The Morgan fingerprint density at radius 1 is 1.35 bits per heavy atom. The fourth-order valence-electron chi connectivity index (χ4n) is 1.78. The Hall–Kier alpha value is -0.720. The first-order valence-corrected chi connectivity index (χ1v) is 7.29. The number of hydrogen-bond donors (Lipinski definition) is 1. The van der Waals surface area contributed by atoms with E-state index in [0.29, 0.717) is 0 Å². The molecule has 0 fully saturated rings. The Morgan fingerprint density at radius 3 is 2.75 bits per heavy atom. The van der Waals surface area contributed by atoms with E-state index in [0.717, 1.165) is 44.2 Å². The molecule has 0 aliphatic rings. The van der Waals surface area contributed by atoms with E-state index in [1.54, 1.807) is 6.26 Å². The van der Waals surface area contributed by atoms with Crippen LogP contribution >= 0.6 is 24.0 Å². The number of nitrogens with zero attached hydrogens (tertiary/aromatic N) is 2. The monoisotopic (exact) mass is 393 g/mol. The minimum absolute atomic E-state index is 0. The van der Waals surface area contributed by atoms with E-state index in [1.165, 1.54) is 12.8 Å². The van der Waals surface area contributed by atoms with Crippen LogP contribution in [0.4, 0.5) is 0 Å². The zero-order chi connectivity index (χ0) is 13.9. The Kier molecular flexibility index (Phi) is 11.6. The number of rotatable bonds is 8. The second-order valence-corrected chi connectivity index (χ2v) is 4.74. The molecule has 0 unspecified atom stereocenters. The maximum absolute atomic E-state index is 5.33. The molecule has 0 atom stereocenters. The Balaban J connectivity index is 0.00000361. The third kappa shape index (κ3) is 7.77. The van der Waals surface area contributed by atoms with Crippen LogP contribution in [0.1, 0.15) is 38.9 Å². The van der Waals surface area contributed by atoms with Gasteiger partial charge in [0, 0.05) is 33.1 Å². The summed E-state index contributed by atoms with van der Waals surface area (Å²) in [7, 11) is 2.10. The molecular formula is C15H28IN3O. The van der Waals surface area contributed by atoms with E-state index in [9.17, 15) is 0 Å². The number of nitrogens with one attached hydrogen (secondary N) is 1. The molecule has 0 amide bonds. The van der Waals surface area contributed by atoms with Crippen molar-refractivity contribution in [3.8, 4) is 0 Å². The van der Waals surface area contributed by atoms with Crippen LogP contribution in [0.3, 0.4) is 0 Å². The Bertz CT molecular complexity index is 352. The Labute approximate surface area is 140 Å². The molecular weight excluding hydrogens is 365 g/mol. The van der Waals surface area contributed by atoms with Gasteiger partial charge in [0.2, 0.25) is 0 Å². The summed E-state index contributed by atoms with van der Waals surface area (Å²) in [5.74, 6) is 2.01. The number of guanidine groups is 1. The van der Waals surface area contributed by atoms with Crippen LogP contribution in [0.15, 0.2) is 27.8 Å². The Morgan fingerprint density at radius 2 is 2.15 bits per heavy atom. The third-order valence-corrected chi connectivity index (χ3v) is 2.93. The molecule has 20 heavy (non-hydrogen) atoms. The first kappa shape index (κ1) is 19.3. The summed E-state index contributed by atoms with van der Waals surface area (Å²) in [4.78, 5) is 6.82. The van der Waals surface area contributed by atoms with E-state index >= 15 is 0 Å². The molecule has 1 N–H and O–H groups in total. The van der Waals surface area contributed by atoms with Crippen molar-refractivity contribution in [1.82, 2.24) is 10.2 Å². The lowest BCUT2D eigenvalue weighted by Crippen LogP contribution is -2.40. The average Bonchev–Trinajstić information content (AvgIpc) is 2.93. The van der Waals surface area contributed by atoms with Crippen LogP contribution in [0.2, 0.25) is 0 Å². The molecule has 116 valence electrons. The van der Waals surface area contributed by atoms with Gasteiger partial charge in [-0.25, -0.2) is 0 Å². The summed E-state index contributed by atoms with van der Waals surface area (Å²) >= 11 is 0. The van der Waals surface area contributed by atoms with Gasteiger partial charge in [0.25, 0.3) is 0 Å². The highest BCUT2D eigenvalue weighted by atomic mass is 127. The number of unbranched alkanes of at least 4 members (excludes halogenated alkanes) is 1. The molecule has 0 aromatic carbocycles. The average molecular weight is 393 g/mol. The molecule has 1 rings (SSSR count). The zero-order valence-electron chi connectivity index (χ0n) is 12.9. The summed E-state index contributed by atoms with van der Waals surface area (Å²) in [6, 6.07) is 3.93. The van der Waals surface area contributed by atoms with Crippen LogP contribution in [0.25, 0.3) is 0 Å². The predicted octanol–water partition coefficient (Wildman–Crippen LogP) is 3.53. The van der Waals surface area contributed by atoms with Crippen LogP contribution in [-0.2, 0) is 6.42 Å². The minimum Gasteiger partial charge on any atom is -0.469 e. The van der Waals surface area contributed by atoms with E-state index in [4.69, 9.17) is 4.42 Å². The van der Waals surface area contributed by atoms with Crippen molar-refractivity contribution in [1.29, 1.82) is 0 Å². The maximum atomic E-state index is 5.33. The number of halogens is 1. The number of furan rings is 1. The fraction of sp³-hybridized carbons (Fsp3) is 0.667. The molecule has 0 aliphatic carbocycles. The summed E-state index contributed by atoms with van der Waals surface area (Å²) in [6.07, 6.45) is 6.08. The molecule has 0 radical (unpaired) electrons. The van der Waals surface area contributed by atoms with Crippen LogP contribution < -0.4 is 5.32 Å². The highest BCUT2D eigenvalue weighted by molar-refractivity contribution is 14.0. The molecule has 4 nitrogen and oxygen atoms in total. The van der Waals surface area contributed by atoms with Gasteiger partial charge in [0.1, 0.15) is 5.76 Å². The molecule has 0 spiro atoms. The fourth-order valence-corrected chi connectivity index (χ4v) is 1.78. The molecule has 0 saturated heterocycles. The van der Waals surface area contributed by atoms with Crippen molar-refractivity contribution in [2.45, 2.75) is 39.5 Å². The zero-order valence-corrected chi connectivity index (χ0v) is 15.2. The second-order valence-electron chi connectivity index (χ2n) is 4.74. The predicted molar refractivity (Wildman–Crippen MR) is 96.0 cm³/mol. The van der Waals surface area contributed by atoms with Crippen molar-refractivity contribution in [2.24, 2.45) is 4.99 Å². The lowest BCUT2D eigenvalue weighted by molar-refractivity contribution is 0.458. The molecule has 1 aromatic rings. The lowest BCUT2D eigenvalue weighted by atomic mass is 10.3. The van der Waals surface area contributed by atoms with Crippen molar-refractivity contribution in [3.63, 3.8) is 0 Å². The SMILES string of the molecule is CCCCN(C)C(=NCCC)NCCc1ccco1.I. The molecule has 5 heteroatoms. The summed E-state index contributed by atoms with van der Waals surface area (Å²) in [5.41, 5.74) is 0. The molecule has 0 aliphatic heterocycles. The largest absolute Gasteiger partial charge is 0.469 e. The molecule has 1 heterocycles. The standard InChI is InChI=1S/C15H27N3O.HI/c1-4-6-12-18(3)15(16-10-5-2)17-11-9-14-8-7-13-19-14;/h7-8,13H,4-6,9-12H2,1-3H3,(H,16,17);1H. The van der Waals surface area contributed by atoms with Gasteiger partial charge >= 0.3 is 0 Å². The first-order chi connectivity index (χ1) is 9.27. The van der Waals surface area contributed by atoms with Gasteiger partial charge in [-0.15, -0.1) is 24.0 Å². The van der Waals surface area contributed by atoms with Crippen molar-refractivity contribution in [3.05, 3.63) is 24.2 Å². The minimum atomic E-state index is 0. The third-order valence-electron chi connectivity index (χ3n) is 2.93. The van der Waals surface area contributed by atoms with Gasteiger partial charge in [0.15, 0.2) is 5.96 Å². The molecule has 0 bridgehead atoms. The van der Waals surface area contributed by atoms with Crippen molar-refractivity contribution < 1.29 is 4.42 Å². The maximum Gasteiger partial charge on any atom is 0.193 e. The van der Waals surface area contributed by atoms with Gasteiger partial charge in [-0.05, 0) is 25.0 Å². The van der Waals surface area contributed by atoms with Gasteiger partial charge < -0.3 is 14.6 Å². The summed E-state index contributed by atoms with van der Waals surface area (Å²) < 4.78 is 5.33. The normalized spacial score (nSPS) is 11.1. The summed E-state index contributed by atoms with van der Waals surface area (Å²) in [6.45, 7) is 7.13. The van der Waals surface area contributed by atoms with Crippen LogP contribution in [-0.4, -0.2) is 37.5 Å². The molecule has 1 aromatic heterocycles. The topological polar surface area (TPSA) is 40.8 Å². The van der Waals surface area contributed by atoms with Crippen LogP contribution in [0, 0.1) is 0 Å². The lowest BCUT2D eigenvalue weighted by Gasteiger charge is -2.22. The highest BCUT2D eigenvalue weighted by Gasteiger charge is 2.05. The van der Waals surface area contributed by atoms with Gasteiger partial charge in [-0.1, -0.05) is 20.3 Å². The summed E-state index contributed by atoms with van der Waals surface area (Å²) in [5, 5.41) is 3.42. The quantitative estimate of drug-likeness (QED) is 0.417. The van der Waals surface area contributed by atoms with E-state index in [-0.39, 0.29) is 24.0 Å². The van der Waals surface area contributed by atoms with Crippen molar-refractivity contribution in [2.75, 3.05) is 26.7 Å². The van der Waals surface area contributed by atoms with Crippen LogP contribution in [0.5, 0.6) is 0 Å². The number of aliphatic imine (C=N–C) groups is 1. The van der Waals surface area contributed by atoms with Gasteiger partial charge in [0.05, 0.1) is 6.26 Å². The number of hydrogen-bond acceptors (Lipinski definition) is 2. The highest BCUT2D eigenvalue weighted by Crippen LogP contribution is 2.00. The molecule has 0 saturated carbocycles. The smallest absolute Gasteiger partial charge is 0.193 e.